The molecule has 9 rings (SSSR count). The van der Waals surface area contributed by atoms with E-state index >= 15 is 0 Å². The van der Waals surface area contributed by atoms with E-state index < -0.39 is 19.7 Å². The second-order valence-corrected chi connectivity index (χ2v) is 17.6. The number of fused-ring (bicyclic) bond motifs is 6. The SMILES string of the molecule is CN1C=CC(C2=C3C=CC(Cl)(N3)C(Cl)(C3=CCN(C)C=C3)C3=NC(Cl)(C=C3)C(Cl)(C3=CCN(C)C=C3)c3ccc([nH]3)C(C3=CCN(C)C=C3)=C3C=CC2=N3)=CC1. The van der Waals surface area contributed by atoms with Gasteiger partial charge in [-0.2, -0.15) is 0 Å². The molecule has 4 unspecified atom stereocenters. The van der Waals surface area contributed by atoms with Crippen molar-refractivity contribution in [2.45, 2.75) is 19.7 Å². The Hall–Kier alpha value is -4.60. The van der Waals surface area contributed by atoms with Gasteiger partial charge in [0, 0.05) is 82.6 Å². The zero-order valence-corrected chi connectivity index (χ0v) is 34.6. The average molecular weight is 825 g/mol. The Labute approximate surface area is 348 Å². The second kappa shape index (κ2) is 13.5. The van der Waals surface area contributed by atoms with E-state index in [1.807, 2.05) is 69.0 Å². The Kier molecular flexibility index (Phi) is 8.93. The van der Waals surface area contributed by atoms with Crippen LogP contribution in [0.1, 0.15) is 11.4 Å². The summed E-state index contributed by atoms with van der Waals surface area (Å²) in [7, 11) is 8.14. The van der Waals surface area contributed by atoms with Crippen LogP contribution in [0, 0.1) is 0 Å². The third-order valence-electron chi connectivity index (χ3n) is 11.4. The molecule has 12 heteroatoms. The lowest BCUT2D eigenvalue weighted by molar-refractivity contribution is 0.485. The maximum atomic E-state index is 8.07. The molecule has 0 saturated heterocycles. The standard InChI is InChI=1S/C44H42Cl4N8/c1-53-21-11-29(12-22-53)39-33-5-6-34(49-33)40(30-13-23-54(2)24-14-30)36-9-19-41(45,51-36)44(48,32-17-27-56(4)28-18-32)38-10-20-42(46,52-38)43(47,37-8-7-35(39)50-37)31-15-25-55(3)26-16-31/h5-21,23,25,27,50-51H,22,24,26,28H2,1-4H3. The highest BCUT2D eigenvalue weighted by molar-refractivity contribution is 6.49. The van der Waals surface area contributed by atoms with Crippen molar-refractivity contribution in [1.29, 1.82) is 0 Å². The molecule has 8 nitrogen and oxygen atoms in total. The number of nitrogens with one attached hydrogen (secondary N) is 2. The van der Waals surface area contributed by atoms with E-state index in [1.165, 1.54) is 0 Å². The van der Waals surface area contributed by atoms with Crippen LogP contribution in [0.5, 0.6) is 0 Å². The predicted octanol–water partition coefficient (Wildman–Crippen LogP) is 8.00. The Morgan fingerprint density at radius 3 is 1.79 bits per heavy atom. The van der Waals surface area contributed by atoms with Crippen molar-refractivity contribution in [2.24, 2.45) is 9.98 Å². The summed E-state index contributed by atoms with van der Waals surface area (Å²) in [6.07, 6.45) is 36.8. The lowest BCUT2D eigenvalue weighted by Crippen LogP contribution is -2.58. The van der Waals surface area contributed by atoms with E-state index in [0.717, 1.165) is 69.3 Å². The number of hydrogen-bond donors (Lipinski definition) is 2. The number of halogens is 4. The number of nitrogens with zero attached hydrogens (tertiary/aromatic N) is 6. The summed E-state index contributed by atoms with van der Waals surface area (Å²) in [6, 6.07) is 4.07. The number of aromatic nitrogens is 1. The van der Waals surface area contributed by atoms with Crippen molar-refractivity contribution in [1.82, 2.24) is 29.9 Å². The molecular weight excluding hydrogens is 782 g/mol. The van der Waals surface area contributed by atoms with E-state index in [-0.39, 0.29) is 0 Å². The van der Waals surface area contributed by atoms with E-state index in [2.05, 4.69) is 111 Å². The molecule has 0 aromatic carbocycles. The summed E-state index contributed by atoms with van der Waals surface area (Å²) >= 11 is 31.9. The summed E-state index contributed by atoms with van der Waals surface area (Å²) in [5.74, 6) is 0. The average Bonchev–Trinajstić information content (AvgIpc) is 4.02. The molecule has 8 aliphatic heterocycles. The zero-order valence-electron chi connectivity index (χ0n) is 31.6. The third-order valence-corrected chi connectivity index (χ3v) is 14.0. The van der Waals surface area contributed by atoms with Gasteiger partial charge in [-0.05, 0) is 120 Å². The van der Waals surface area contributed by atoms with Crippen molar-refractivity contribution < 1.29 is 0 Å². The number of allylic oxidation sites excluding steroid dienone is 12. The Morgan fingerprint density at radius 1 is 0.607 bits per heavy atom. The molecule has 1 aromatic heterocycles. The van der Waals surface area contributed by atoms with Crippen molar-refractivity contribution in [3.05, 3.63) is 173 Å². The molecule has 286 valence electrons. The maximum Gasteiger partial charge on any atom is 0.181 e. The van der Waals surface area contributed by atoms with Crippen LogP contribution in [-0.4, -0.2) is 105 Å². The molecule has 0 radical (unpaired) electrons. The highest BCUT2D eigenvalue weighted by atomic mass is 35.5. The van der Waals surface area contributed by atoms with Gasteiger partial charge in [0.2, 0.25) is 0 Å². The van der Waals surface area contributed by atoms with Gasteiger partial charge in [0.15, 0.2) is 19.7 Å². The first-order valence-electron chi connectivity index (χ1n) is 18.7. The monoisotopic (exact) mass is 822 g/mol. The molecule has 56 heavy (non-hydrogen) atoms. The first kappa shape index (κ1) is 37.0. The summed E-state index contributed by atoms with van der Waals surface area (Å²) in [6.45, 7) is 2.78. The fraction of sp³-hybridized carbons (Fsp3) is 0.273. The first-order valence-corrected chi connectivity index (χ1v) is 20.2. The molecule has 4 atom stereocenters. The van der Waals surface area contributed by atoms with E-state index in [1.54, 1.807) is 0 Å². The van der Waals surface area contributed by atoms with Crippen LogP contribution in [0.15, 0.2) is 171 Å². The van der Waals surface area contributed by atoms with Crippen molar-refractivity contribution in [3.63, 3.8) is 0 Å². The molecule has 8 bridgehead atoms. The fourth-order valence-corrected chi connectivity index (χ4v) is 9.65. The second-order valence-electron chi connectivity index (χ2n) is 15.3. The normalized spacial score (nSPS) is 31.9. The van der Waals surface area contributed by atoms with Crippen LogP contribution in [0.2, 0.25) is 0 Å². The van der Waals surface area contributed by atoms with Gasteiger partial charge >= 0.3 is 0 Å². The van der Waals surface area contributed by atoms with Crippen molar-refractivity contribution >= 4 is 63.4 Å². The largest absolute Gasteiger partial charge is 0.377 e. The number of rotatable bonds is 4. The highest BCUT2D eigenvalue weighted by Crippen LogP contribution is 2.56. The topological polar surface area (TPSA) is 65.5 Å². The summed E-state index contributed by atoms with van der Waals surface area (Å²) in [4.78, 5) is 17.2. The maximum absolute atomic E-state index is 8.07. The molecule has 0 amide bonds. The quantitative estimate of drug-likeness (QED) is 0.238. The van der Waals surface area contributed by atoms with Crippen molar-refractivity contribution in [3.8, 4) is 0 Å². The molecule has 2 N–H and O–H groups in total. The summed E-state index contributed by atoms with van der Waals surface area (Å²) in [5, 5.41) is 3.70. The Bertz CT molecular complexity index is 2390. The predicted molar refractivity (Wildman–Crippen MR) is 233 cm³/mol. The molecule has 0 saturated carbocycles. The molecule has 1 aromatic rings. The van der Waals surface area contributed by atoms with Gasteiger partial charge in [-0.3, -0.25) is 4.99 Å². The van der Waals surface area contributed by atoms with Crippen LogP contribution in [0.3, 0.4) is 0 Å². The molecule has 9 heterocycles. The van der Waals surface area contributed by atoms with Gasteiger partial charge in [-0.15, -0.1) is 23.2 Å². The van der Waals surface area contributed by atoms with Gasteiger partial charge in [-0.1, -0.05) is 47.5 Å². The van der Waals surface area contributed by atoms with Crippen LogP contribution < -0.4 is 5.32 Å². The summed E-state index contributed by atoms with van der Waals surface area (Å²) in [5.41, 5.74) is 9.91. The highest BCUT2D eigenvalue weighted by Gasteiger charge is 2.60. The minimum absolute atomic E-state index is 0.479. The molecule has 8 aliphatic rings. The number of H-pyrrole nitrogens is 1. The Balaban J connectivity index is 1.33. The van der Waals surface area contributed by atoms with Crippen molar-refractivity contribution in [2.75, 3.05) is 54.4 Å². The number of aliphatic imine (C=N–C) groups is 2. The minimum Gasteiger partial charge on any atom is -0.377 e. The minimum atomic E-state index is -1.52. The smallest absolute Gasteiger partial charge is 0.181 e. The molecular formula is C44H42Cl4N8. The Morgan fingerprint density at radius 2 is 1.20 bits per heavy atom. The van der Waals surface area contributed by atoms with Crippen LogP contribution in [-0.2, 0) is 4.87 Å². The van der Waals surface area contributed by atoms with E-state index in [9.17, 15) is 0 Å². The van der Waals surface area contributed by atoms with Gasteiger partial charge < -0.3 is 29.9 Å². The number of likely N-dealkylation sites (N-methyl/N-ethyl adjacent to an activating group) is 4. The molecule has 0 spiro atoms. The third kappa shape index (κ3) is 5.79. The number of alkyl halides is 4. The van der Waals surface area contributed by atoms with Gasteiger partial charge in [0.1, 0.15) is 0 Å². The molecule has 0 aliphatic carbocycles. The molecule has 0 fully saturated rings. The van der Waals surface area contributed by atoms with Gasteiger partial charge in [0.05, 0.1) is 17.1 Å². The van der Waals surface area contributed by atoms with Crippen LogP contribution in [0.4, 0.5) is 0 Å². The van der Waals surface area contributed by atoms with E-state index in [4.69, 9.17) is 56.4 Å². The summed E-state index contributed by atoms with van der Waals surface area (Å²) < 4.78 is 0. The van der Waals surface area contributed by atoms with Gasteiger partial charge in [0.25, 0.3) is 0 Å². The first-order chi connectivity index (χ1) is 26.8. The zero-order chi connectivity index (χ0) is 39.0. The lowest BCUT2D eigenvalue weighted by atomic mass is 9.84. The van der Waals surface area contributed by atoms with E-state index in [0.29, 0.717) is 24.5 Å². The van der Waals surface area contributed by atoms with Crippen LogP contribution in [0.25, 0.3) is 5.57 Å². The fourth-order valence-electron chi connectivity index (χ4n) is 8.20. The van der Waals surface area contributed by atoms with Gasteiger partial charge in [-0.25, -0.2) is 4.99 Å². The van der Waals surface area contributed by atoms with Crippen LogP contribution >= 0.6 is 46.4 Å². The number of hydrogen-bond acceptors (Lipinski definition) is 7. The number of aromatic amines is 1. The lowest BCUT2D eigenvalue weighted by Gasteiger charge is -2.42.